The average Bonchev–Trinajstić information content (AvgIpc) is 3.19. The highest BCUT2D eigenvalue weighted by Gasteiger charge is 2.13. The molecule has 0 amide bonds. The summed E-state index contributed by atoms with van der Waals surface area (Å²) in [5.41, 5.74) is 3.65. The predicted molar refractivity (Wildman–Crippen MR) is 110 cm³/mol. The number of benzene rings is 3. The summed E-state index contributed by atoms with van der Waals surface area (Å²) >= 11 is 0. The van der Waals surface area contributed by atoms with Crippen LogP contribution in [0.4, 0.5) is 20.4 Å². The maximum Gasteiger partial charge on any atom is 0.227 e. The van der Waals surface area contributed by atoms with Crippen molar-refractivity contribution in [3.63, 3.8) is 0 Å². The third kappa shape index (κ3) is 3.48. The summed E-state index contributed by atoms with van der Waals surface area (Å²) in [6.07, 6.45) is 1.65. The zero-order valence-corrected chi connectivity index (χ0v) is 15.5. The van der Waals surface area contributed by atoms with E-state index in [0.29, 0.717) is 28.6 Å². The zero-order valence-electron chi connectivity index (χ0n) is 15.5. The lowest BCUT2D eigenvalue weighted by molar-refractivity contribution is 0.441. The molecule has 0 aliphatic heterocycles. The highest BCUT2D eigenvalue weighted by Crippen LogP contribution is 2.32. The highest BCUT2D eigenvalue weighted by atomic mass is 19.1. The number of hydrogen-bond donors (Lipinski definition) is 1. The fourth-order valence-corrected chi connectivity index (χ4v) is 3.15. The van der Waals surface area contributed by atoms with Crippen LogP contribution in [0, 0.1) is 11.6 Å². The van der Waals surface area contributed by atoms with E-state index in [1.54, 1.807) is 36.5 Å². The van der Waals surface area contributed by atoms with Gasteiger partial charge in [0.1, 0.15) is 17.2 Å². The molecule has 1 N–H and O–H groups in total. The zero-order chi connectivity index (χ0) is 20.5. The van der Waals surface area contributed by atoms with Crippen molar-refractivity contribution in [2.75, 3.05) is 5.32 Å². The van der Waals surface area contributed by atoms with Crippen molar-refractivity contribution < 1.29 is 13.3 Å². The second-order valence-electron chi connectivity index (χ2n) is 6.65. The number of aromatic nitrogens is 3. The molecule has 3 aromatic carbocycles. The van der Waals surface area contributed by atoms with Crippen LogP contribution in [-0.2, 0) is 0 Å². The minimum Gasteiger partial charge on any atom is -0.355 e. The molecule has 30 heavy (non-hydrogen) atoms. The van der Waals surface area contributed by atoms with Gasteiger partial charge in [0, 0.05) is 23.0 Å². The van der Waals surface area contributed by atoms with E-state index < -0.39 is 0 Å². The molecule has 0 aliphatic rings. The first-order chi connectivity index (χ1) is 14.7. The van der Waals surface area contributed by atoms with Gasteiger partial charge in [-0.25, -0.2) is 18.7 Å². The van der Waals surface area contributed by atoms with Crippen molar-refractivity contribution in [2.24, 2.45) is 0 Å². The van der Waals surface area contributed by atoms with Crippen LogP contribution < -0.4 is 5.32 Å². The van der Waals surface area contributed by atoms with Crippen molar-refractivity contribution in [3.05, 3.63) is 90.6 Å². The molecule has 0 radical (unpaired) electrons. The largest absolute Gasteiger partial charge is 0.355 e. The van der Waals surface area contributed by atoms with Crippen LogP contribution in [0.5, 0.6) is 0 Å². The van der Waals surface area contributed by atoms with E-state index in [-0.39, 0.29) is 11.6 Å². The fraction of sp³-hybridized carbons (Fsp3) is 0. The summed E-state index contributed by atoms with van der Waals surface area (Å²) in [5, 5.41) is 7.95. The second-order valence-corrected chi connectivity index (χ2v) is 6.65. The Hall–Kier alpha value is -4.13. The Labute approximate surface area is 170 Å². The number of rotatable bonds is 4. The molecule has 0 spiro atoms. The van der Waals surface area contributed by atoms with Crippen molar-refractivity contribution >= 4 is 22.5 Å². The molecule has 5 aromatic rings. The Kier molecular flexibility index (Phi) is 4.40. The lowest BCUT2D eigenvalue weighted by atomic mass is 10.0. The molecule has 2 heterocycles. The Balaban J connectivity index is 1.51. The molecule has 146 valence electrons. The minimum atomic E-state index is -0.314. The first kappa shape index (κ1) is 17.9. The van der Waals surface area contributed by atoms with Crippen LogP contribution in [0.15, 0.2) is 83.5 Å². The topological polar surface area (TPSA) is 63.8 Å². The number of hydrogen-bond acceptors (Lipinski definition) is 5. The van der Waals surface area contributed by atoms with Gasteiger partial charge in [0.2, 0.25) is 5.95 Å². The Morgan fingerprint density at radius 2 is 1.47 bits per heavy atom. The van der Waals surface area contributed by atoms with Crippen LogP contribution in [0.25, 0.3) is 33.5 Å². The van der Waals surface area contributed by atoms with Gasteiger partial charge in [0.25, 0.3) is 0 Å². The van der Waals surface area contributed by atoms with Gasteiger partial charge in [-0.2, -0.15) is 0 Å². The number of nitrogens with one attached hydrogen (secondary N) is 1. The molecule has 0 aliphatic carbocycles. The Morgan fingerprint density at radius 1 is 0.767 bits per heavy atom. The van der Waals surface area contributed by atoms with Crippen LogP contribution in [0.1, 0.15) is 0 Å². The molecular formula is C23H14F2N4O. The van der Waals surface area contributed by atoms with Gasteiger partial charge in [-0.05, 0) is 66.7 Å². The van der Waals surface area contributed by atoms with Crippen molar-refractivity contribution in [1.82, 2.24) is 15.1 Å². The fourth-order valence-electron chi connectivity index (χ4n) is 3.15. The van der Waals surface area contributed by atoms with E-state index in [9.17, 15) is 8.78 Å². The first-order valence-electron chi connectivity index (χ1n) is 9.17. The smallest absolute Gasteiger partial charge is 0.227 e. The van der Waals surface area contributed by atoms with E-state index in [1.807, 2.05) is 18.2 Å². The summed E-state index contributed by atoms with van der Waals surface area (Å²) in [7, 11) is 0. The maximum absolute atomic E-state index is 13.3. The van der Waals surface area contributed by atoms with E-state index >= 15 is 0 Å². The molecule has 5 rings (SSSR count). The van der Waals surface area contributed by atoms with Crippen molar-refractivity contribution in [1.29, 1.82) is 0 Å². The number of anilines is 2. The number of fused-ring (bicyclic) bond motifs is 1. The highest BCUT2D eigenvalue weighted by molar-refractivity contribution is 5.94. The summed E-state index contributed by atoms with van der Waals surface area (Å²) in [5.74, 6) is 0.327. The van der Waals surface area contributed by atoms with Gasteiger partial charge < -0.3 is 9.84 Å². The van der Waals surface area contributed by atoms with Crippen LogP contribution >= 0.6 is 0 Å². The molecule has 0 fully saturated rings. The van der Waals surface area contributed by atoms with Crippen molar-refractivity contribution in [3.8, 4) is 22.6 Å². The maximum atomic E-state index is 13.3. The molecule has 5 nitrogen and oxygen atoms in total. The number of nitrogens with zero attached hydrogens (tertiary/aromatic N) is 3. The number of halogens is 2. The van der Waals surface area contributed by atoms with E-state index in [2.05, 4.69) is 20.4 Å². The normalized spacial score (nSPS) is 11.0. The molecule has 0 atom stereocenters. The van der Waals surface area contributed by atoms with Gasteiger partial charge in [0.05, 0.1) is 11.1 Å². The van der Waals surface area contributed by atoms with Gasteiger partial charge in [-0.1, -0.05) is 11.2 Å². The molecule has 0 bridgehead atoms. The molecule has 0 unspecified atom stereocenters. The Bertz CT molecular complexity index is 1330. The second kappa shape index (κ2) is 7.36. The molecule has 7 heteroatoms. The molecule has 2 aromatic heterocycles. The van der Waals surface area contributed by atoms with Crippen LogP contribution in [-0.4, -0.2) is 15.1 Å². The lowest BCUT2D eigenvalue weighted by Gasteiger charge is -2.07. The molecular weight excluding hydrogens is 386 g/mol. The quantitative estimate of drug-likeness (QED) is 0.402. The standard InChI is InChI=1S/C23H14F2N4O/c24-16-4-1-14(2-5-16)22-19-13-15(3-10-21(19)29-30-22)20-11-12-26-23(28-20)27-18-8-6-17(25)7-9-18/h1-13H,(H,26,27,28). The van der Waals surface area contributed by atoms with Crippen LogP contribution in [0.3, 0.4) is 0 Å². The van der Waals surface area contributed by atoms with Gasteiger partial charge >= 0.3 is 0 Å². The van der Waals surface area contributed by atoms with Gasteiger partial charge in [-0.15, -0.1) is 0 Å². The summed E-state index contributed by atoms with van der Waals surface area (Å²) in [4.78, 5) is 8.78. The monoisotopic (exact) mass is 400 g/mol. The SMILES string of the molecule is Fc1ccc(Nc2nccc(-c3ccc4noc(-c5ccc(F)cc5)c4c3)n2)cc1. The van der Waals surface area contributed by atoms with E-state index in [4.69, 9.17) is 4.52 Å². The molecule has 0 saturated carbocycles. The lowest BCUT2D eigenvalue weighted by Crippen LogP contribution is -1.97. The third-order valence-corrected chi connectivity index (χ3v) is 4.63. The summed E-state index contributed by atoms with van der Waals surface area (Å²) in [6.45, 7) is 0. The third-order valence-electron chi connectivity index (χ3n) is 4.63. The van der Waals surface area contributed by atoms with E-state index in [0.717, 1.165) is 16.5 Å². The van der Waals surface area contributed by atoms with Gasteiger partial charge in [-0.3, -0.25) is 0 Å². The first-order valence-corrected chi connectivity index (χ1v) is 9.17. The summed E-state index contributed by atoms with van der Waals surface area (Å²) < 4.78 is 31.8. The average molecular weight is 400 g/mol. The minimum absolute atomic E-state index is 0.311. The van der Waals surface area contributed by atoms with Gasteiger partial charge in [0.15, 0.2) is 5.76 Å². The van der Waals surface area contributed by atoms with Crippen LogP contribution in [0.2, 0.25) is 0 Å². The Morgan fingerprint density at radius 3 is 2.23 bits per heavy atom. The summed E-state index contributed by atoms with van der Waals surface area (Å²) in [6, 6.07) is 19.5. The van der Waals surface area contributed by atoms with Crippen molar-refractivity contribution in [2.45, 2.75) is 0 Å². The van der Waals surface area contributed by atoms with E-state index in [1.165, 1.54) is 24.3 Å². The molecule has 0 saturated heterocycles. The predicted octanol–water partition coefficient (Wildman–Crippen LogP) is 5.97.